The lowest BCUT2D eigenvalue weighted by atomic mass is 9.75. The van der Waals surface area contributed by atoms with Crippen LogP contribution in [0.1, 0.15) is 43.2 Å². The highest BCUT2D eigenvalue weighted by atomic mass is 32.2. The van der Waals surface area contributed by atoms with Gasteiger partial charge in [0, 0.05) is 18.3 Å². The molecule has 0 unspecified atom stereocenters. The summed E-state index contributed by atoms with van der Waals surface area (Å²) in [5.41, 5.74) is 2.76. The number of benzene rings is 1. The smallest absolute Gasteiger partial charge is 0.147 e. The molecule has 0 radical (unpaired) electrons. The first-order valence-corrected chi connectivity index (χ1v) is 9.40. The zero-order valence-corrected chi connectivity index (χ0v) is 13.4. The van der Waals surface area contributed by atoms with E-state index in [4.69, 9.17) is 0 Å². The summed E-state index contributed by atoms with van der Waals surface area (Å²) < 4.78 is 22.3. The van der Waals surface area contributed by atoms with Crippen LogP contribution in [0, 0.1) is 6.92 Å². The molecule has 0 spiro atoms. The quantitative estimate of drug-likeness (QED) is 0.877. The lowest BCUT2D eigenvalue weighted by Gasteiger charge is -2.38. The third-order valence-electron chi connectivity index (χ3n) is 4.09. The highest BCUT2D eigenvalue weighted by Gasteiger charge is 2.30. The molecule has 1 aromatic rings. The molecule has 2 rings (SSSR count). The first-order valence-electron chi connectivity index (χ1n) is 7.34. The molecular weight excluding hydrogens is 270 g/mol. The number of rotatable bonds is 6. The van der Waals surface area contributed by atoms with Gasteiger partial charge in [-0.05, 0) is 44.6 Å². The van der Waals surface area contributed by atoms with E-state index in [0.717, 1.165) is 12.8 Å². The van der Waals surface area contributed by atoms with Gasteiger partial charge in [-0.1, -0.05) is 29.8 Å². The van der Waals surface area contributed by atoms with Crippen molar-refractivity contribution >= 4 is 9.84 Å². The Kier molecular flexibility index (Phi) is 4.86. The third-order valence-corrected chi connectivity index (χ3v) is 5.07. The molecule has 0 bridgehead atoms. The second-order valence-corrected chi connectivity index (χ2v) is 8.53. The molecule has 1 atom stereocenters. The molecule has 0 aliphatic heterocycles. The van der Waals surface area contributed by atoms with Crippen molar-refractivity contribution in [3.05, 3.63) is 35.4 Å². The molecular formula is C16H25NO2S. The van der Waals surface area contributed by atoms with Crippen molar-refractivity contribution in [2.24, 2.45) is 0 Å². The van der Waals surface area contributed by atoms with Gasteiger partial charge in [0.15, 0.2) is 0 Å². The summed E-state index contributed by atoms with van der Waals surface area (Å²) >= 11 is 0. The number of hydrogen-bond acceptors (Lipinski definition) is 3. The van der Waals surface area contributed by atoms with E-state index in [2.05, 4.69) is 43.4 Å². The van der Waals surface area contributed by atoms with Gasteiger partial charge in [-0.2, -0.15) is 0 Å². The van der Waals surface area contributed by atoms with Gasteiger partial charge in [-0.15, -0.1) is 0 Å². The van der Waals surface area contributed by atoms with Crippen LogP contribution in [-0.4, -0.2) is 32.5 Å². The van der Waals surface area contributed by atoms with E-state index in [0.29, 0.717) is 18.4 Å². The van der Waals surface area contributed by atoms with Crippen LogP contribution < -0.4 is 5.32 Å². The van der Waals surface area contributed by atoms with Gasteiger partial charge in [0.1, 0.15) is 9.84 Å². The van der Waals surface area contributed by atoms with E-state index in [-0.39, 0.29) is 11.8 Å². The van der Waals surface area contributed by atoms with E-state index >= 15 is 0 Å². The normalized spacial score (nSPS) is 24.1. The van der Waals surface area contributed by atoms with Gasteiger partial charge in [0.25, 0.3) is 0 Å². The molecule has 0 amide bonds. The van der Waals surface area contributed by atoms with Crippen LogP contribution in [0.3, 0.4) is 0 Å². The highest BCUT2D eigenvalue weighted by molar-refractivity contribution is 7.90. The van der Waals surface area contributed by atoms with Crippen molar-refractivity contribution in [2.75, 3.05) is 12.0 Å². The lowest BCUT2D eigenvalue weighted by molar-refractivity contribution is 0.267. The van der Waals surface area contributed by atoms with Crippen LogP contribution in [0.5, 0.6) is 0 Å². The molecule has 20 heavy (non-hydrogen) atoms. The van der Waals surface area contributed by atoms with Gasteiger partial charge >= 0.3 is 0 Å². The maximum Gasteiger partial charge on any atom is 0.147 e. The molecule has 1 aliphatic carbocycles. The van der Waals surface area contributed by atoms with Crippen molar-refractivity contribution < 1.29 is 8.42 Å². The minimum Gasteiger partial charge on any atom is -0.311 e. The Morgan fingerprint density at radius 2 is 2.05 bits per heavy atom. The first-order chi connectivity index (χ1) is 9.33. The molecule has 3 nitrogen and oxygen atoms in total. The van der Waals surface area contributed by atoms with Gasteiger partial charge in [-0.25, -0.2) is 8.42 Å². The fourth-order valence-corrected chi connectivity index (χ4v) is 3.61. The summed E-state index contributed by atoms with van der Waals surface area (Å²) in [6.45, 7) is 4.20. The third kappa shape index (κ3) is 4.60. The first kappa shape index (κ1) is 15.5. The second kappa shape index (κ2) is 6.27. The number of sulfone groups is 1. The van der Waals surface area contributed by atoms with Crippen molar-refractivity contribution in [1.82, 2.24) is 5.32 Å². The summed E-state index contributed by atoms with van der Waals surface area (Å²) in [6, 6.07) is 9.54. The van der Waals surface area contributed by atoms with Crippen LogP contribution in [-0.2, 0) is 9.84 Å². The fraction of sp³-hybridized carbons (Fsp3) is 0.625. The van der Waals surface area contributed by atoms with Crippen LogP contribution in [0.15, 0.2) is 24.3 Å². The van der Waals surface area contributed by atoms with Crippen LogP contribution in [0.2, 0.25) is 0 Å². The predicted octanol–water partition coefficient (Wildman–Crippen LogP) is 2.65. The van der Waals surface area contributed by atoms with Crippen LogP contribution in [0.4, 0.5) is 0 Å². The van der Waals surface area contributed by atoms with Gasteiger partial charge < -0.3 is 5.32 Å². The molecule has 0 saturated heterocycles. The Bertz CT molecular complexity index is 547. The summed E-state index contributed by atoms with van der Waals surface area (Å²) in [4.78, 5) is 0. The summed E-state index contributed by atoms with van der Waals surface area (Å²) in [5, 5.41) is 3.54. The minimum atomic E-state index is -2.84. The van der Waals surface area contributed by atoms with Crippen molar-refractivity contribution in [3.63, 3.8) is 0 Å². The molecule has 1 fully saturated rings. The fourth-order valence-electron chi connectivity index (χ4n) is 2.83. The molecule has 0 heterocycles. The zero-order valence-electron chi connectivity index (χ0n) is 12.6. The number of hydrogen-bond donors (Lipinski definition) is 1. The largest absolute Gasteiger partial charge is 0.311 e. The Balaban J connectivity index is 1.74. The molecule has 1 saturated carbocycles. The standard InChI is InChI=1S/C16H25NO2S/c1-12-5-4-6-14(9-12)15-10-16(11-15)17-13(2)7-8-20(3,18)19/h4-6,9,13,15-17H,7-8,10-11H2,1-3H3/t13-,15?,16?/m0/s1. The van der Waals surface area contributed by atoms with E-state index in [1.807, 2.05) is 0 Å². The highest BCUT2D eigenvalue weighted by Crippen LogP contribution is 2.37. The summed E-state index contributed by atoms with van der Waals surface area (Å²) in [5.74, 6) is 0.935. The van der Waals surface area contributed by atoms with E-state index in [9.17, 15) is 8.42 Å². The lowest BCUT2D eigenvalue weighted by Crippen LogP contribution is -2.44. The second-order valence-electron chi connectivity index (χ2n) is 6.27. The maximum atomic E-state index is 11.1. The van der Waals surface area contributed by atoms with Gasteiger partial charge in [0.2, 0.25) is 0 Å². The topological polar surface area (TPSA) is 46.2 Å². The Hall–Kier alpha value is -0.870. The molecule has 4 heteroatoms. The maximum absolute atomic E-state index is 11.1. The molecule has 112 valence electrons. The molecule has 0 aromatic heterocycles. The molecule has 1 N–H and O–H groups in total. The predicted molar refractivity (Wildman–Crippen MR) is 83.9 cm³/mol. The molecule has 1 aromatic carbocycles. The monoisotopic (exact) mass is 295 g/mol. The SMILES string of the molecule is Cc1cccc(C2CC(N[C@@H](C)CCS(C)(=O)=O)C2)c1. The Morgan fingerprint density at radius 1 is 1.35 bits per heavy atom. The zero-order chi connectivity index (χ0) is 14.8. The van der Waals surface area contributed by atoms with Crippen molar-refractivity contribution in [3.8, 4) is 0 Å². The average Bonchev–Trinajstić information content (AvgIpc) is 2.29. The summed E-state index contributed by atoms with van der Waals surface area (Å²) in [6.07, 6.45) is 4.32. The van der Waals surface area contributed by atoms with E-state index in [1.165, 1.54) is 17.4 Å². The Morgan fingerprint density at radius 3 is 2.65 bits per heavy atom. The summed E-state index contributed by atoms with van der Waals surface area (Å²) in [7, 11) is -2.84. The minimum absolute atomic E-state index is 0.271. The van der Waals surface area contributed by atoms with Gasteiger partial charge in [0.05, 0.1) is 5.75 Å². The van der Waals surface area contributed by atoms with Crippen LogP contribution in [0.25, 0.3) is 0 Å². The van der Waals surface area contributed by atoms with E-state index in [1.54, 1.807) is 0 Å². The number of nitrogens with one attached hydrogen (secondary N) is 1. The number of aryl methyl sites for hydroxylation is 1. The van der Waals surface area contributed by atoms with Gasteiger partial charge in [-0.3, -0.25) is 0 Å². The van der Waals surface area contributed by atoms with Crippen molar-refractivity contribution in [1.29, 1.82) is 0 Å². The van der Waals surface area contributed by atoms with Crippen molar-refractivity contribution in [2.45, 2.75) is 51.1 Å². The average molecular weight is 295 g/mol. The molecule has 1 aliphatic rings. The Labute approximate surface area is 122 Å². The van der Waals surface area contributed by atoms with Crippen LogP contribution >= 0.6 is 0 Å². The van der Waals surface area contributed by atoms with E-state index < -0.39 is 9.84 Å².